The molecule has 2 aromatic rings. The molecule has 2 amide bonds. The van der Waals surface area contributed by atoms with Crippen molar-refractivity contribution >= 4 is 58.5 Å². The minimum absolute atomic E-state index is 0.0352. The van der Waals surface area contributed by atoms with E-state index in [1.54, 1.807) is 24.3 Å². The highest BCUT2D eigenvalue weighted by Crippen LogP contribution is 2.41. The summed E-state index contributed by atoms with van der Waals surface area (Å²) in [6.45, 7) is 1.41. The predicted octanol–water partition coefficient (Wildman–Crippen LogP) is 3.80. The molecule has 2 aromatic carbocycles. The molecule has 0 saturated carbocycles. The van der Waals surface area contributed by atoms with Crippen LogP contribution in [0.3, 0.4) is 0 Å². The molecule has 0 bridgehead atoms. The molecule has 0 unspecified atom stereocenters. The number of hydrogen-bond acceptors (Lipinski definition) is 10. The fourth-order valence-electron chi connectivity index (χ4n) is 4.98. The fraction of sp³-hybridized carbons (Fsp3) is 0.407. The zero-order chi connectivity index (χ0) is 29.5. The number of nitrogens with zero attached hydrogens (tertiary/aromatic N) is 1. The standard InChI is InChI=1S/C27H25Cl3N2O9/c1-13(23(35)36-2)38-20-18(32-21(33)15-10-6-7-11-16(15)22(32)34)25(41-26(31)27(28,29)30)39-17-12-37-24(40-19(17)20)14-8-4-3-5-9-14/h3-11,13,17-20,24-25,31H,12H2,1-2H3/t13-,17-,18-,19-,20-,24-,25+/m1/s1. The Hall–Kier alpha value is -2.77. The van der Waals surface area contributed by atoms with Gasteiger partial charge in [0.05, 0.1) is 24.8 Å². The minimum Gasteiger partial charge on any atom is -0.467 e. The first-order chi connectivity index (χ1) is 19.5. The molecule has 0 aliphatic carbocycles. The molecule has 218 valence electrons. The maximum atomic E-state index is 13.7. The number of fused-ring (bicyclic) bond motifs is 2. The lowest BCUT2D eigenvalue weighted by Gasteiger charge is -2.51. The molecule has 0 spiro atoms. The van der Waals surface area contributed by atoms with Crippen LogP contribution >= 0.6 is 34.8 Å². The highest BCUT2D eigenvalue weighted by molar-refractivity contribution is 6.76. The van der Waals surface area contributed by atoms with Crippen molar-refractivity contribution in [1.82, 2.24) is 4.90 Å². The largest absolute Gasteiger partial charge is 0.467 e. The first-order valence-corrected chi connectivity index (χ1v) is 13.6. The Labute approximate surface area is 249 Å². The summed E-state index contributed by atoms with van der Waals surface area (Å²) in [4.78, 5) is 40.7. The summed E-state index contributed by atoms with van der Waals surface area (Å²) in [6, 6.07) is 13.9. The maximum absolute atomic E-state index is 13.7. The van der Waals surface area contributed by atoms with Crippen LogP contribution in [0.25, 0.3) is 0 Å². The zero-order valence-electron chi connectivity index (χ0n) is 21.7. The van der Waals surface area contributed by atoms with E-state index in [1.807, 2.05) is 18.2 Å². The van der Waals surface area contributed by atoms with E-state index in [2.05, 4.69) is 0 Å². The van der Waals surface area contributed by atoms with E-state index < -0.39 is 70.5 Å². The summed E-state index contributed by atoms with van der Waals surface area (Å²) in [5, 5.41) is 8.18. The summed E-state index contributed by atoms with van der Waals surface area (Å²) < 4.78 is 32.7. The van der Waals surface area contributed by atoms with Gasteiger partial charge in [-0.25, -0.2) is 4.79 Å². The second kappa shape index (κ2) is 11.8. The predicted molar refractivity (Wildman–Crippen MR) is 145 cm³/mol. The van der Waals surface area contributed by atoms with Gasteiger partial charge in [0.2, 0.25) is 12.2 Å². The molecule has 41 heavy (non-hydrogen) atoms. The van der Waals surface area contributed by atoms with Crippen LogP contribution in [0.5, 0.6) is 0 Å². The molecule has 14 heteroatoms. The van der Waals surface area contributed by atoms with Crippen LogP contribution in [-0.2, 0) is 33.2 Å². The lowest BCUT2D eigenvalue weighted by Crippen LogP contribution is -2.69. The van der Waals surface area contributed by atoms with Crippen molar-refractivity contribution in [2.75, 3.05) is 13.7 Å². The monoisotopic (exact) mass is 626 g/mol. The van der Waals surface area contributed by atoms with E-state index in [9.17, 15) is 14.4 Å². The van der Waals surface area contributed by atoms with Crippen LogP contribution in [0.2, 0.25) is 0 Å². The molecule has 0 aromatic heterocycles. The van der Waals surface area contributed by atoms with Crippen LogP contribution in [-0.4, -0.2) is 82.8 Å². The lowest BCUT2D eigenvalue weighted by molar-refractivity contribution is -0.347. The number of carbonyl (C=O) groups excluding carboxylic acids is 3. The van der Waals surface area contributed by atoms with E-state index in [-0.39, 0.29) is 17.7 Å². The molecule has 7 atom stereocenters. The molecule has 2 fully saturated rings. The summed E-state index contributed by atoms with van der Waals surface area (Å²) in [7, 11) is 1.20. The molecule has 5 rings (SSSR count). The van der Waals surface area contributed by atoms with Gasteiger partial charge in [0.25, 0.3) is 15.6 Å². The normalized spacial score (nSPS) is 28.5. The van der Waals surface area contributed by atoms with Crippen molar-refractivity contribution in [3.05, 3.63) is 71.3 Å². The first kappa shape index (κ1) is 29.7. The second-order valence-corrected chi connectivity index (χ2v) is 11.7. The number of benzene rings is 2. The Morgan fingerprint density at radius 2 is 1.63 bits per heavy atom. The van der Waals surface area contributed by atoms with Crippen LogP contribution in [0, 0.1) is 5.41 Å². The van der Waals surface area contributed by atoms with Crippen LogP contribution in [0.1, 0.15) is 39.5 Å². The number of hydrogen-bond donors (Lipinski definition) is 1. The smallest absolute Gasteiger partial charge is 0.334 e. The summed E-state index contributed by atoms with van der Waals surface area (Å²) in [6.07, 6.45) is -6.73. The van der Waals surface area contributed by atoms with E-state index >= 15 is 0 Å². The summed E-state index contributed by atoms with van der Waals surface area (Å²) in [5.74, 6) is -2.88. The molecule has 1 N–H and O–H groups in total. The van der Waals surface area contributed by atoms with Crippen molar-refractivity contribution in [1.29, 1.82) is 5.41 Å². The number of alkyl halides is 3. The first-order valence-electron chi connectivity index (χ1n) is 12.5. The molecule has 0 radical (unpaired) electrons. The second-order valence-electron chi connectivity index (χ2n) is 9.45. The van der Waals surface area contributed by atoms with Gasteiger partial charge in [-0.1, -0.05) is 77.3 Å². The topological polar surface area (TPSA) is 134 Å². The van der Waals surface area contributed by atoms with Gasteiger partial charge < -0.3 is 28.4 Å². The quantitative estimate of drug-likeness (QED) is 0.167. The van der Waals surface area contributed by atoms with Gasteiger partial charge in [0, 0.05) is 5.56 Å². The molecule has 3 aliphatic heterocycles. The third-order valence-electron chi connectivity index (χ3n) is 6.89. The van der Waals surface area contributed by atoms with Gasteiger partial charge in [-0.2, -0.15) is 0 Å². The Kier molecular flexibility index (Phi) is 8.58. The third kappa shape index (κ3) is 5.80. The lowest BCUT2D eigenvalue weighted by atomic mass is 9.93. The molecule has 3 heterocycles. The maximum Gasteiger partial charge on any atom is 0.334 e. The van der Waals surface area contributed by atoms with Crippen molar-refractivity contribution < 1.29 is 42.8 Å². The van der Waals surface area contributed by atoms with Gasteiger partial charge >= 0.3 is 5.97 Å². The van der Waals surface area contributed by atoms with E-state index in [4.69, 9.17) is 68.6 Å². The third-order valence-corrected chi connectivity index (χ3v) is 7.40. The van der Waals surface area contributed by atoms with Crippen LogP contribution in [0.4, 0.5) is 0 Å². The van der Waals surface area contributed by atoms with Gasteiger partial charge in [-0.3, -0.25) is 19.9 Å². The number of methoxy groups -OCH3 is 1. The SMILES string of the molecule is COC(=O)[C@@H](C)O[C@H]1[C@@H]2O[C@H](c3ccccc3)OC[C@H]2O[C@@H](OC(=N)C(Cl)(Cl)Cl)[C@@H]1N1C(=O)c2ccccc2C1=O. The van der Waals surface area contributed by atoms with Crippen molar-refractivity contribution in [3.8, 4) is 0 Å². The Morgan fingerprint density at radius 3 is 2.22 bits per heavy atom. The zero-order valence-corrected chi connectivity index (χ0v) is 24.0. The van der Waals surface area contributed by atoms with Gasteiger partial charge in [0.1, 0.15) is 24.4 Å². The number of ether oxygens (including phenoxy) is 6. The molecule has 2 saturated heterocycles. The number of imide groups is 1. The average molecular weight is 628 g/mol. The molecule has 11 nitrogen and oxygen atoms in total. The molecular weight excluding hydrogens is 603 g/mol. The van der Waals surface area contributed by atoms with Crippen LogP contribution in [0.15, 0.2) is 54.6 Å². The number of nitrogens with one attached hydrogen (secondary N) is 1. The highest BCUT2D eigenvalue weighted by atomic mass is 35.6. The minimum atomic E-state index is -2.29. The van der Waals surface area contributed by atoms with Crippen molar-refractivity contribution in [2.24, 2.45) is 0 Å². The van der Waals surface area contributed by atoms with E-state index in [0.717, 1.165) is 4.90 Å². The van der Waals surface area contributed by atoms with Crippen molar-refractivity contribution in [2.45, 2.75) is 53.8 Å². The number of amides is 2. The number of esters is 1. The Morgan fingerprint density at radius 1 is 1.02 bits per heavy atom. The summed E-state index contributed by atoms with van der Waals surface area (Å²) >= 11 is 17.6. The molecule has 3 aliphatic rings. The van der Waals surface area contributed by atoms with E-state index in [0.29, 0.717) is 5.56 Å². The molecular formula is C27H25Cl3N2O9. The van der Waals surface area contributed by atoms with Gasteiger partial charge in [0.15, 0.2) is 12.4 Å². The summed E-state index contributed by atoms with van der Waals surface area (Å²) in [5.41, 5.74) is 0.980. The van der Waals surface area contributed by atoms with Crippen LogP contribution < -0.4 is 0 Å². The average Bonchev–Trinajstić information content (AvgIpc) is 3.21. The van der Waals surface area contributed by atoms with E-state index in [1.165, 1.54) is 26.2 Å². The highest BCUT2D eigenvalue weighted by Gasteiger charge is 2.58. The van der Waals surface area contributed by atoms with Crippen molar-refractivity contribution in [3.63, 3.8) is 0 Å². The Bertz CT molecular complexity index is 1300. The number of halogens is 3. The Balaban J connectivity index is 1.58. The number of rotatable bonds is 6. The fourth-order valence-corrected chi connectivity index (χ4v) is 5.12. The van der Waals surface area contributed by atoms with Gasteiger partial charge in [-0.05, 0) is 19.1 Å². The number of carbonyl (C=O) groups is 3. The van der Waals surface area contributed by atoms with Gasteiger partial charge in [-0.15, -0.1) is 0 Å².